The van der Waals surface area contributed by atoms with Crippen molar-refractivity contribution in [3.63, 3.8) is 0 Å². The summed E-state index contributed by atoms with van der Waals surface area (Å²) in [4.78, 5) is 7.55. The predicted molar refractivity (Wildman–Crippen MR) is 68.9 cm³/mol. The summed E-state index contributed by atoms with van der Waals surface area (Å²) < 4.78 is 0. The van der Waals surface area contributed by atoms with Gasteiger partial charge in [0.1, 0.15) is 12.4 Å². The standard InChI is InChI=1S/C14H18N2O/c1-8-5-9(2)13(10(3)6-8)14-11(4)15-12(7-17)16-14/h5-6,17H,7H2,1-4H3,(H,15,16). The van der Waals surface area contributed by atoms with Crippen LogP contribution in [-0.4, -0.2) is 15.1 Å². The van der Waals surface area contributed by atoms with Gasteiger partial charge in [-0.1, -0.05) is 17.7 Å². The smallest absolute Gasteiger partial charge is 0.132 e. The van der Waals surface area contributed by atoms with Gasteiger partial charge in [0.05, 0.1) is 5.69 Å². The SMILES string of the molecule is Cc1cc(C)c(-c2nc(CO)[nH]c2C)c(C)c1. The minimum absolute atomic E-state index is 0.0508. The molecule has 2 aromatic rings. The number of imidazole rings is 1. The Bertz CT molecular complexity index is 532. The van der Waals surface area contributed by atoms with Gasteiger partial charge in [-0.05, 0) is 38.8 Å². The van der Waals surface area contributed by atoms with Gasteiger partial charge in [0.25, 0.3) is 0 Å². The molecule has 3 nitrogen and oxygen atoms in total. The van der Waals surface area contributed by atoms with Crippen molar-refractivity contribution in [2.24, 2.45) is 0 Å². The molecule has 3 heteroatoms. The van der Waals surface area contributed by atoms with Crippen molar-refractivity contribution in [1.82, 2.24) is 9.97 Å². The summed E-state index contributed by atoms with van der Waals surface area (Å²) >= 11 is 0. The number of nitrogens with one attached hydrogen (secondary N) is 1. The number of H-pyrrole nitrogens is 1. The van der Waals surface area contributed by atoms with E-state index in [-0.39, 0.29) is 6.61 Å². The number of rotatable bonds is 2. The zero-order valence-electron chi connectivity index (χ0n) is 10.8. The fourth-order valence-corrected chi connectivity index (χ4v) is 2.39. The monoisotopic (exact) mass is 230 g/mol. The first-order valence-electron chi connectivity index (χ1n) is 5.77. The minimum atomic E-state index is -0.0508. The molecular weight excluding hydrogens is 212 g/mol. The van der Waals surface area contributed by atoms with E-state index in [0.717, 1.165) is 11.4 Å². The van der Waals surface area contributed by atoms with Gasteiger partial charge in [0, 0.05) is 11.3 Å². The van der Waals surface area contributed by atoms with E-state index in [1.54, 1.807) is 0 Å². The molecule has 0 saturated heterocycles. The van der Waals surface area contributed by atoms with Crippen LogP contribution in [0.25, 0.3) is 11.3 Å². The fraction of sp³-hybridized carbons (Fsp3) is 0.357. The maximum atomic E-state index is 9.11. The zero-order chi connectivity index (χ0) is 12.6. The summed E-state index contributed by atoms with van der Waals surface area (Å²) in [5.41, 5.74) is 6.83. The van der Waals surface area contributed by atoms with Gasteiger partial charge < -0.3 is 10.1 Å². The number of aromatic nitrogens is 2. The summed E-state index contributed by atoms with van der Waals surface area (Å²) in [5.74, 6) is 0.622. The quantitative estimate of drug-likeness (QED) is 0.833. The molecule has 0 amide bonds. The second-order valence-electron chi connectivity index (χ2n) is 4.59. The summed E-state index contributed by atoms with van der Waals surface area (Å²) in [6.07, 6.45) is 0. The fourth-order valence-electron chi connectivity index (χ4n) is 2.39. The lowest BCUT2D eigenvalue weighted by atomic mass is 9.96. The molecule has 0 unspecified atom stereocenters. The summed E-state index contributed by atoms with van der Waals surface area (Å²) in [6, 6.07) is 4.32. The van der Waals surface area contributed by atoms with Crippen LogP contribution in [0.1, 0.15) is 28.2 Å². The van der Waals surface area contributed by atoms with Crippen LogP contribution >= 0.6 is 0 Å². The average molecular weight is 230 g/mol. The Labute approximate surface area is 102 Å². The van der Waals surface area contributed by atoms with Crippen LogP contribution in [-0.2, 0) is 6.61 Å². The molecule has 0 aliphatic carbocycles. The highest BCUT2D eigenvalue weighted by Crippen LogP contribution is 2.29. The summed E-state index contributed by atoms with van der Waals surface area (Å²) in [6.45, 7) is 8.23. The van der Waals surface area contributed by atoms with Crippen LogP contribution in [0.15, 0.2) is 12.1 Å². The highest BCUT2D eigenvalue weighted by molar-refractivity contribution is 5.70. The first-order chi connectivity index (χ1) is 8.02. The Kier molecular flexibility index (Phi) is 3.03. The Balaban J connectivity index is 2.63. The summed E-state index contributed by atoms with van der Waals surface area (Å²) in [5, 5.41) is 9.11. The Hall–Kier alpha value is -1.61. The van der Waals surface area contributed by atoms with Crippen LogP contribution < -0.4 is 0 Å². The second kappa shape index (κ2) is 4.34. The van der Waals surface area contributed by atoms with Gasteiger partial charge in [-0.3, -0.25) is 0 Å². The topological polar surface area (TPSA) is 48.9 Å². The molecule has 0 spiro atoms. The number of aliphatic hydroxyl groups is 1. The van der Waals surface area contributed by atoms with Gasteiger partial charge in [0.2, 0.25) is 0 Å². The van der Waals surface area contributed by atoms with E-state index in [1.165, 1.54) is 22.3 Å². The lowest BCUT2D eigenvalue weighted by molar-refractivity contribution is 0.272. The largest absolute Gasteiger partial charge is 0.388 e. The van der Waals surface area contributed by atoms with E-state index >= 15 is 0 Å². The molecule has 2 N–H and O–H groups in total. The van der Waals surface area contributed by atoms with Gasteiger partial charge in [-0.25, -0.2) is 4.98 Å². The highest BCUT2D eigenvalue weighted by Gasteiger charge is 2.13. The molecule has 1 aromatic carbocycles. The molecule has 0 bridgehead atoms. The van der Waals surface area contributed by atoms with Crippen molar-refractivity contribution < 1.29 is 5.11 Å². The van der Waals surface area contributed by atoms with Crippen molar-refractivity contribution in [3.05, 3.63) is 40.3 Å². The van der Waals surface area contributed by atoms with Gasteiger partial charge in [-0.15, -0.1) is 0 Å². The third kappa shape index (κ3) is 2.11. The van der Waals surface area contributed by atoms with Crippen molar-refractivity contribution in [2.45, 2.75) is 34.3 Å². The van der Waals surface area contributed by atoms with E-state index in [1.807, 2.05) is 6.92 Å². The number of benzene rings is 1. The van der Waals surface area contributed by atoms with Gasteiger partial charge in [-0.2, -0.15) is 0 Å². The number of aryl methyl sites for hydroxylation is 4. The molecule has 0 radical (unpaired) electrons. The van der Waals surface area contributed by atoms with Crippen LogP contribution in [0, 0.1) is 27.7 Å². The van der Waals surface area contributed by atoms with Crippen LogP contribution in [0.3, 0.4) is 0 Å². The third-order valence-electron chi connectivity index (χ3n) is 3.00. The van der Waals surface area contributed by atoms with Crippen molar-refractivity contribution >= 4 is 0 Å². The molecule has 1 heterocycles. The molecule has 17 heavy (non-hydrogen) atoms. The van der Waals surface area contributed by atoms with Gasteiger partial charge >= 0.3 is 0 Å². The van der Waals surface area contributed by atoms with Crippen molar-refractivity contribution in [2.75, 3.05) is 0 Å². The zero-order valence-corrected chi connectivity index (χ0v) is 10.8. The maximum Gasteiger partial charge on any atom is 0.132 e. The van der Waals surface area contributed by atoms with Gasteiger partial charge in [0.15, 0.2) is 0 Å². The number of nitrogens with zero attached hydrogens (tertiary/aromatic N) is 1. The molecular formula is C14H18N2O. The van der Waals surface area contributed by atoms with E-state index in [9.17, 15) is 0 Å². The number of hydrogen-bond acceptors (Lipinski definition) is 2. The highest BCUT2D eigenvalue weighted by atomic mass is 16.3. The Morgan fingerprint density at radius 2 is 1.71 bits per heavy atom. The molecule has 0 atom stereocenters. The molecule has 0 saturated carbocycles. The number of hydrogen-bond donors (Lipinski definition) is 2. The first kappa shape index (κ1) is 11.9. The lowest BCUT2D eigenvalue weighted by Gasteiger charge is -2.09. The van der Waals surface area contributed by atoms with E-state index in [4.69, 9.17) is 5.11 Å². The maximum absolute atomic E-state index is 9.11. The number of aliphatic hydroxyl groups excluding tert-OH is 1. The molecule has 2 rings (SSSR count). The molecule has 0 aliphatic rings. The minimum Gasteiger partial charge on any atom is -0.388 e. The predicted octanol–water partition coefficient (Wildman–Crippen LogP) is 2.80. The number of aromatic amines is 1. The van der Waals surface area contributed by atoms with E-state index in [2.05, 4.69) is 42.9 Å². The molecule has 0 aliphatic heterocycles. The van der Waals surface area contributed by atoms with Crippen LogP contribution in [0.4, 0.5) is 0 Å². The summed E-state index contributed by atoms with van der Waals surface area (Å²) in [7, 11) is 0. The second-order valence-corrected chi connectivity index (χ2v) is 4.59. The molecule has 90 valence electrons. The average Bonchev–Trinajstić information content (AvgIpc) is 2.59. The lowest BCUT2D eigenvalue weighted by Crippen LogP contribution is -1.92. The van der Waals surface area contributed by atoms with Crippen LogP contribution in [0.2, 0.25) is 0 Å². The van der Waals surface area contributed by atoms with E-state index < -0.39 is 0 Å². The normalized spacial score (nSPS) is 10.9. The third-order valence-corrected chi connectivity index (χ3v) is 3.00. The first-order valence-corrected chi connectivity index (χ1v) is 5.77. The van der Waals surface area contributed by atoms with Crippen molar-refractivity contribution in [3.8, 4) is 11.3 Å². The Morgan fingerprint density at radius 3 is 2.18 bits per heavy atom. The molecule has 1 aromatic heterocycles. The molecule has 0 fully saturated rings. The van der Waals surface area contributed by atoms with Crippen molar-refractivity contribution in [1.29, 1.82) is 0 Å². The van der Waals surface area contributed by atoms with E-state index in [0.29, 0.717) is 5.82 Å². The van der Waals surface area contributed by atoms with Crippen LogP contribution in [0.5, 0.6) is 0 Å². The Morgan fingerprint density at radius 1 is 1.12 bits per heavy atom.